The van der Waals surface area contributed by atoms with Crippen molar-refractivity contribution in [1.82, 2.24) is 9.78 Å². The predicted molar refractivity (Wildman–Crippen MR) is 78.0 cm³/mol. The standard InChI is InChI=1S/C14H18ClN3O/c1-9-7-12(14(19-4)8-11(9)15)17-10(2)13-5-6-16-18(13)3/h5-8,10,17H,1-4H3. The first-order chi connectivity index (χ1) is 9.02. The van der Waals surface area contributed by atoms with Crippen LogP contribution < -0.4 is 10.1 Å². The number of hydrogen-bond acceptors (Lipinski definition) is 3. The molecule has 0 saturated carbocycles. The van der Waals surface area contributed by atoms with Crippen molar-refractivity contribution in [2.24, 2.45) is 7.05 Å². The number of anilines is 1. The minimum absolute atomic E-state index is 0.127. The molecule has 0 spiro atoms. The van der Waals surface area contributed by atoms with E-state index in [1.54, 1.807) is 13.3 Å². The Kier molecular flexibility index (Phi) is 4.00. The lowest BCUT2D eigenvalue weighted by Gasteiger charge is -2.18. The molecule has 2 rings (SSSR count). The molecule has 2 aromatic rings. The van der Waals surface area contributed by atoms with Crippen LogP contribution in [0.3, 0.4) is 0 Å². The summed E-state index contributed by atoms with van der Waals surface area (Å²) in [4.78, 5) is 0. The summed E-state index contributed by atoms with van der Waals surface area (Å²) in [6, 6.07) is 5.94. The van der Waals surface area contributed by atoms with Crippen LogP contribution in [-0.4, -0.2) is 16.9 Å². The molecule has 0 aliphatic rings. The van der Waals surface area contributed by atoms with Gasteiger partial charge in [0.05, 0.1) is 24.5 Å². The number of hydrogen-bond donors (Lipinski definition) is 1. The van der Waals surface area contributed by atoms with Gasteiger partial charge in [-0.3, -0.25) is 4.68 Å². The van der Waals surface area contributed by atoms with Gasteiger partial charge in [-0.25, -0.2) is 0 Å². The van der Waals surface area contributed by atoms with Crippen LogP contribution in [0.1, 0.15) is 24.2 Å². The summed E-state index contributed by atoms with van der Waals surface area (Å²) in [5, 5.41) is 8.31. The average Bonchev–Trinajstić information content (AvgIpc) is 2.79. The molecule has 0 fully saturated rings. The molecule has 1 heterocycles. The molecule has 0 radical (unpaired) electrons. The van der Waals surface area contributed by atoms with Gasteiger partial charge in [0.1, 0.15) is 5.75 Å². The molecular weight excluding hydrogens is 262 g/mol. The molecule has 0 saturated heterocycles. The van der Waals surface area contributed by atoms with E-state index in [4.69, 9.17) is 16.3 Å². The van der Waals surface area contributed by atoms with Gasteiger partial charge in [-0.05, 0) is 31.5 Å². The van der Waals surface area contributed by atoms with E-state index >= 15 is 0 Å². The van der Waals surface area contributed by atoms with E-state index in [9.17, 15) is 0 Å². The van der Waals surface area contributed by atoms with Crippen molar-refractivity contribution >= 4 is 17.3 Å². The number of nitrogens with zero attached hydrogens (tertiary/aromatic N) is 2. The van der Waals surface area contributed by atoms with Crippen molar-refractivity contribution in [2.45, 2.75) is 19.9 Å². The first kappa shape index (κ1) is 13.7. The van der Waals surface area contributed by atoms with Crippen molar-refractivity contribution in [3.8, 4) is 5.75 Å². The maximum Gasteiger partial charge on any atom is 0.143 e. The summed E-state index contributed by atoms with van der Waals surface area (Å²) in [5.74, 6) is 0.740. The highest BCUT2D eigenvalue weighted by Gasteiger charge is 2.13. The van der Waals surface area contributed by atoms with E-state index < -0.39 is 0 Å². The summed E-state index contributed by atoms with van der Waals surface area (Å²) < 4.78 is 7.21. The molecule has 0 amide bonds. The number of halogens is 1. The van der Waals surface area contributed by atoms with E-state index in [-0.39, 0.29) is 6.04 Å². The number of aryl methyl sites for hydroxylation is 2. The highest BCUT2D eigenvalue weighted by molar-refractivity contribution is 6.31. The fourth-order valence-electron chi connectivity index (χ4n) is 2.06. The zero-order chi connectivity index (χ0) is 14.0. The van der Waals surface area contributed by atoms with Crippen molar-refractivity contribution in [3.05, 3.63) is 40.7 Å². The molecule has 1 atom stereocenters. The number of aromatic nitrogens is 2. The van der Waals surface area contributed by atoms with Crippen molar-refractivity contribution < 1.29 is 4.74 Å². The molecular formula is C14H18ClN3O. The Bertz CT molecular complexity index is 580. The normalized spacial score (nSPS) is 12.3. The van der Waals surface area contributed by atoms with Gasteiger partial charge < -0.3 is 10.1 Å². The highest BCUT2D eigenvalue weighted by Crippen LogP contribution is 2.33. The van der Waals surface area contributed by atoms with Gasteiger partial charge in [-0.1, -0.05) is 11.6 Å². The average molecular weight is 280 g/mol. The van der Waals surface area contributed by atoms with Gasteiger partial charge in [0.2, 0.25) is 0 Å². The van der Waals surface area contributed by atoms with E-state index in [2.05, 4.69) is 17.3 Å². The summed E-state index contributed by atoms with van der Waals surface area (Å²) in [5.41, 5.74) is 3.05. The lowest BCUT2D eigenvalue weighted by Crippen LogP contribution is -2.12. The molecule has 0 aliphatic carbocycles. The summed E-state index contributed by atoms with van der Waals surface area (Å²) in [6.45, 7) is 4.06. The maximum absolute atomic E-state index is 6.10. The third kappa shape index (κ3) is 2.84. The molecule has 0 aliphatic heterocycles. The van der Waals surface area contributed by atoms with Crippen LogP contribution in [0.25, 0.3) is 0 Å². The molecule has 1 N–H and O–H groups in total. The number of rotatable bonds is 4. The highest BCUT2D eigenvalue weighted by atomic mass is 35.5. The lowest BCUT2D eigenvalue weighted by atomic mass is 10.1. The molecule has 4 nitrogen and oxygen atoms in total. The van der Waals surface area contributed by atoms with Gasteiger partial charge in [0, 0.05) is 24.3 Å². The molecule has 1 aromatic carbocycles. The van der Waals surface area contributed by atoms with Crippen molar-refractivity contribution in [3.63, 3.8) is 0 Å². The van der Waals surface area contributed by atoms with E-state index in [1.165, 1.54) is 0 Å². The Balaban J connectivity index is 2.28. The van der Waals surface area contributed by atoms with Crippen LogP contribution in [0.2, 0.25) is 5.02 Å². The fourth-order valence-corrected chi connectivity index (χ4v) is 2.21. The Morgan fingerprint density at radius 2 is 2.16 bits per heavy atom. The third-order valence-corrected chi connectivity index (χ3v) is 3.56. The number of nitrogens with one attached hydrogen (secondary N) is 1. The van der Waals surface area contributed by atoms with Crippen LogP contribution in [0, 0.1) is 6.92 Å². The minimum Gasteiger partial charge on any atom is -0.495 e. The van der Waals surface area contributed by atoms with E-state index in [1.807, 2.05) is 36.9 Å². The van der Waals surface area contributed by atoms with Crippen LogP contribution >= 0.6 is 11.6 Å². The Labute approximate surface area is 118 Å². The van der Waals surface area contributed by atoms with E-state index in [0.29, 0.717) is 5.02 Å². The zero-order valence-corrected chi connectivity index (χ0v) is 12.3. The topological polar surface area (TPSA) is 39.1 Å². The number of methoxy groups -OCH3 is 1. The van der Waals surface area contributed by atoms with Crippen LogP contribution in [0.4, 0.5) is 5.69 Å². The first-order valence-corrected chi connectivity index (χ1v) is 6.49. The quantitative estimate of drug-likeness (QED) is 0.930. The third-order valence-electron chi connectivity index (χ3n) is 3.16. The fraction of sp³-hybridized carbons (Fsp3) is 0.357. The summed E-state index contributed by atoms with van der Waals surface area (Å²) in [6.07, 6.45) is 1.79. The summed E-state index contributed by atoms with van der Waals surface area (Å²) in [7, 11) is 3.57. The number of ether oxygens (including phenoxy) is 1. The Morgan fingerprint density at radius 3 is 2.74 bits per heavy atom. The monoisotopic (exact) mass is 279 g/mol. The van der Waals surface area contributed by atoms with Gasteiger partial charge in [-0.2, -0.15) is 5.10 Å². The first-order valence-electron chi connectivity index (χ1n) is 6.11. The molecule has 0 bridgehead atoms. The van der Waals surface area contributed by atoms with E-state index in [0.717, 1.165) is 22.7 Å². The van der Waals surface area contributed by atoms with Crippen molar-refractivity contribution in [1.29, 1.82) is 0 Å². The zero-order valence-electron chi connectivity index (χ0n) is 11.6. The van der Waals surface area contributed by atoms with Gasteiger partial charge in [-0.15, -0.1) is 0 Å². The second kappa shape index (κ2) is 5.53. The van der Waals surface area contributed by atoms with Gasteiger partial charge in [0.25, 0.3) is 0 Å². The maximum atomic E-state index is 6.10. The molecule has 1 unspecified atom stereocenters. The SMILES string of the molecule is COc1cc(Cl)c(C)cc1NC(C)c1ccnn1C. The van der Waals surface area contributed by atoms with Crippen LogP contribution in [0.5, 0.6) is 5.75 Å². The largest absolute Gasteiger partial charge is 0.495 e. The van der Waals surface area contributed by atoms with Gasteiger partial charge >= 0.3 is 0 Å². The van der Waals surface area contributed by atoms with Gasteiger partial charge in [0.15, 0.2) is 0 Å². The molecule has 5 heteroatoms. The predicted octanol–water partition coefficient (Wildman–Crippen LogP) is 3.56. The second-order valence-electron chi connectivity index (χ2n) is 4.55. The van der Waals surface area contributed by atoms with Crippen LogP contribution in [0.15, 0.2) is 24.4 Å². The van der Waals surface area contributed by atoms with Crippen molar-refractivity contribution in [2.75, 3.05) is 12.4 Å². The summed E-state index contributed by atoms with van der Waals surface area (Å²) >= 11 is 6.10. The lowest BCUT2D eigenvalue weighted by molar-refractivity contribution is 0.416. The Hall–Kier alpha value is -1.68. The molecule has 102 valence electrons. The molecule has 19 heavy (non-hydrogen) atoms. The van der Waals surface area contributed by atoms with Crippen LogP contribution in [-0.2, 0) is 7.05 Å². The Morgan fingerprint density at radius 1 is 1.42 bits per heavy atom. The minimum atomic E-state index is 0.127. The second-order valence-corrected chi connectivity index (χ2v) is 4.95. The smallest absolute Gasteiger partial charge is 0.143 e. The molecule has 1 aromatic heterocycles. The number of benzene rings is 1.